The maximum atomic E-state index is 12.5. The number of pyridine rings is 1. The first-order chi connectivity index (χ1) is 7.10. The highest BCUT2D eigenvalue weighted by Crippen LogP contribution is 2.22. The maximum Gasteiger partial charge on any atom is 0.280 e. The molecule has 0 aromatic carbocycles. The van der Waals surface area contributed by atoms with Gasteiger partial charge < -0.3 is 5.73 Å². The first-order valence-electron chi connectivity index (χ1n) is 4.44. The van der Waals surface area contributed by atoms with E-state index in [0.29, 0.717) is 16.8 Å². The molecule has 1 rings (SSSR count). The third-order valence-corrected chi connectivity index (χ3v) is 2.09. The van der Waals surface area contributed by atoms with E-state index in [0.717, 1.165) is 0 Å². The molecular formula is C10H11F2N3. The fourth-order valence-electron chi connectivity index (χ4n) is 1.35. The number of nitrogens with two attached hydrogens (primary N) is 1. The van der Waals surface area contributed by atoms with Gasteiger partial charge in [0.25, 0.3) is 6.43 Å². The Morgan fingerprint density at radius 1 is 1.60 bits per heavy atom. The van der Waals surface area contributed by atoms with E-state index >= 15 is 0 Å². The average Bonchev–Trinajstić information content (AvgIpc) is 2.20. The molecule has 0 fully saturated rings. The van der Waals surface area contributed by atoms with Crippen molar-refractivity contribution in [3.05, 3.63) is 28.6 Å². The molecule has 1 aromatic heterocycles. The minimum atomic E-state index is -2.62. The van der Waals surface area contributed by atoms with Gasteiger partial charge in [-0.3, -0.25) is 4.98 Å². The Bertz CT molecular complexity index is 396. The van der Waals surface area contributed by atoms with Gasteiger partial charge in [-0.25, -0.2) is 8.78 Å². The van der Waals surface area contributed by atoms with Crippen molar-refractivity contribution >= 4 is 0 Å². The number of hydrogen-bond donors (Lipinski definition) is 1. The molecule has 0 saturated carbocycles. The molecule has 0 unspecified atom stereocenters. The Morgan fingerprint density at radius 3 is 2.73 bits per heavy atom. The quantitative estimate of drug-likeness (QED) is 0.829. The normalized spacial score (nSPS) is 10.4. The first-order valence-corrected chi connectivity index (χ1v) is 4.44. The van der Waals surface area contributed by atoms with Gasteiger partial charge in [0.05, 0.1) is 18.2 Å². The van der Waals surface area contributed by atoms with E-state index in [2.05, 4.69) is 4.98 Å². The second-order valence-electron chi connectivity index (χ2n) is 3.14. The minimum absolute atomic E-state index is 0.00648. The number of nitrogens with zero attached hydrogens (tertiary/aromatic N) is 2. The largest absolute Gasteiger partial charge is 0.326 e. The number of nitriles is 1. The van der Waals surface area contributed by atoms with Gasteiger partial charge >= 0.3 is 0 Å². The zero-order chi connectivity index (χ0) is 11.4. The van der Waals surface area contributed by atoms with E-state index in [9.17, 15) is 8.78 Å². The minimum Gasteiger partial charge on any atom is -0.326 e. The van der Waals surface area contributed by atoms with Crippen LogP contribution in [-0.4, -0.2) is 4.98 Å². The molecule has 1 heterocycles. The van der Waals surface area contributed by atoms with Gasteiger partial charge in [0.15, 0.2) is 0 Å². The highest BCUT2D eigenvalue weighted by Gasteiger charge is 2.15. The predicted octanol–water partition coefficient (Wildman–Crippen LogP) is 1.85. The van der Waals surface area contributed by atoms with Crippen molar-refractivity contribution in [2.75, 3.05) is 0 Å². The van der Waals surface area contributed by atoms with Crippen molar-refractivity contribution in [2.45, 2.75) is 26.3 Å². The van der Waals surface area contributed by atoms with Crippen LogP contribution in [0, 0.1) is 18.3 Å². The molecule has 0 saturated heterocycles. The van der Waals surface area contributed by atoms with Crippen LogP contribution in [0.25, 0.3) is 0 Å². The fourth-order valence-corrected chi connectivity index (χ4v) is 1.35. The van der Waals surface area contributed by atoms with E-state index in [1.807, 2.05) is 6.07 Å². The van der Waals surface area contributed by atoms with Crippen LogP contribution in [0.1, 0.15) is 28.9 Å². The summed E-state index contributed by atoms with van der Waals surface area (Å²) in [4.78, 5) is 3.78. The van der Waals surface area contributed by atoms with Gasteiger partial charge in [-0.2, -0.15) is 5.26 Å². The molecule has 0 spiro atoms. The highest BCUT2D eigenvalue weighted by molar-refractivity contribution is 5.31. The summed E-state index contributed by atoms with van der Waals surface area (Å²) in [6, 6.07) is 3.45. The zero-order valence-electron chi connectivity index (χ0n) is 8.30. The average molecular weight is 211 g/mol. The molecule has 0 aliphatic heterocycles. The van der Waals surface area contributed by atoms with Crippen molar-refractivity contribution in [3.63, 3.8) is 0 Å². The Hall–Kier alpha value is -1.54. The number of halogens is 2. The molecule has 0 atom stereocenters. The van der Waals surface area contributed by atoms with Gasteiger partial charge in [0, 0.05) is 6.54 Å². The lowest BCUT2D eigenvalue weighted by Gasteiger charge is -2.09. The first kappa shape index (κ1) is 11.5. The number of aryl methyl sites for hydroxylation is 1. The number of alkyl halides is 2. The molecule has 2 N–H and O–H groups in total. The Morgan fingerprint density at radius 2 is 2.27 bits per heavy atom. The highest BCUT2D eigenvalue weighted by atomic mass is 19.3. The lowest BCUT2D eigenvalue weighted by Crippen LogP contribution is -2.08. The summed E-state index contributed by atoms with van der Waals surface area (Å²) < 4.78 is 25.0. The van der Waals surface area contributed by atoms with Crippen LogP contribution < -0.4 is 5.73 Å². The molecule has 15 heavy (non-hydrogen) atoms. The lowest BCUT2D eigenvalue weighted by molar-refractivity contribution is 0.145. The summed E-state index contributed by atoms with van der Waals surface area (Å²) in [6.45, 7) is 1.76. The van der Waals surface area contributed by atoms with Crippen LogP contribution >= 0.6 is 0 Å². The number of aromatic nitrogens is 1. The van der Waals surface area contributed by atoms with Crippen LogP contribution in [0.5, 0.6) is 0 Å². The number of rotatable bonds is 3. The number of hydrogen-bond acceptors (Lipinski definition) is 3. The van der Waals surface area contributed by atoms with Crippen LogP contribution in [0.2, 0.25) is 0 Å². The summed E-state index contributed by atoms with van der Waals surface area (Å²) in [5, 5.41) is 8.52. The summed E-state index contributed by atoms with van der Waals surface area (Å²) in [7, 11) is 0. The maximum absolute atomic E-state index is 12.5. The van der Waals surface area contributed by atoms with E-state index in [1.54, 1.807) is 13.0 Å². The molecule has 0 radical (unpaired) electrons. The van der Waals surface area contributed by atoms with Crippen molar-refractivity contribution in [2.24, 2.45) is 5.73 Å². The molecule has 3 nitrogen and oxygen atoms in total. The van der Waals surface area contributed by atoms with Gasteiger partial charge in [-0.1, -0.05) is 6.07 Å². The summed E-state index contributed by atoms with van der Waals surface area (Å²) in [5.74, 6) is 0. The van der Waals surface area contributed by atoms with E-state index in [4.69, 9.17) is 11.0 Å². The summed E-state index contributed by atoms with van der Waals surface area (Å²) in [6.07, 6.45) is -2.61. The molecule has 0 aliphatic carbocycles. The fraction of sp³-hybridized carbons (Fsp3) is 0.400. The monoisotopic (exact) mass is 211 g/mol. The van der Waals surface area contributed by atoms with Gasteiger partial charge in [-0.05, 0) is 18.1 Å². The van der Waals surface area contributed by atoms with Gasteiger partial charge in [0.2, 0.25) is 0 Å². The van der Waals surface area contributed by atoms with Gasteiger partial charge in [-0.15, -0.1) is 0 Å². The Balaban J connectivity index is 3.25. The predicted molar refractivity (Wildman–Crippen MR) is 51.1 cm³/mol. The van der Waals surface area contributed by atoms with Crippen LogP contribution in [0.4, 0.5) is 8.78 Å². The third kappa shape index (κ3) is 2.48. The van der Waals surface area contributed by atoms with Crippen molar-refractivity contribution < 1.29 is 8.78 Å². The molecular weight excluding hydrogens is 200 g/mol. The van der Waals surface area contributed by atoms with Crippen LogP contribution in [0.3, 0.4) is 0 Å². The molecule has 80 valence electrons. The molecule has 1 aromatic rings. The van der Waals surface area contributed by atoms with E-state index < -0.39 is 6.43 Å². The summed E-state index contributed by atoms with van der Waals surface area (Å²) in [5.41, 5.74) is 6.58. The molecule has 0 aliphatic rings. The van der Waals surface area contributed by atoms with E-state index in [1.165, 1.54) is 0 Å². The van der Waals surface area contributed by atoms with Gasteiger partial charge in [0.1, 0.15) is 5.69 Å². The lowest BCUT2D eigenvalue weighted by atomic mass is 10.1. The topological polar surface area (TPSA) is 62.7 Å². The molecule has 0 amide bonds. The third-order valence-electron chi connectivity index (χ3n) is 2.09. The van der Waals surface area contributed by atoms with Crippen molar-refractivity contribution in [1.82, 2.24) is 4.98 Å². The molecule has 0 bridgehead atoms. The Kier molecular flexibility index (Phi) is 3.69. The van der Waals surface area contributed by atoms with E-state index in [-0.39, 0.29) is 18.7 Å². The second-order valence-corrected chi connectivity index (χ2v) is 3.14. The van der Waals surface area contributed by atoms with Crippen LogP contribution in [0.15, 0.2) is 6.07 Å². The Labute approximate surface area is 86.5 Å². The second kappa shape index (κ2) is 4.80. The van der Waals surface area contributed by atoms with Crippen molar-refractivity contribution in [3.8, 4) is 6.07 Å². The smallest absolute Gasteiger partial charge is 0.280 e. The zero-order valence-corrected chi connectivity index (χ0v) is 8.30. The van der Waals surface area contributed by atoms with Crippen LogP contribution in [-0.2, 0) is 13.0 Å². The standard InChI is InChI=1S/C10H11F2N3/c1-6-4-7(5-14)8(2-3-13)15-9(6)10(11)12/h4,10H,2,5,14H2,1H3. The summed E-state index contributed by atoms with van der Waals surface area (Å²) >= 11 is 0. The van der Waals surface area contributed by atoms with Crippen molar-refractivity contribution in [1.29, 1.82) is 5.26 Å². The molecule has 5 heteroatoms. The SMILES string of the molecule is Cc1cc(CN)c(CC#N)nc1C(F)F.